The van der Waals surface area contributed by atoms with Gasteiger partial charge in [0, 0.05) is 18.4 Å². The molecule has 0 saturated carbocycles. The monoisotopic (exact) mass is 281 g/mol. The van der Waals surface area contributed by atoms with Crippen LogP contribution in [0.2, 0.25) is 0 Å². The molecule has 0 spiro atoms. The highest BCUT2D eigenvalue weighted by Crippen LogP contribution is 2.31. The van der Waals surface area contributed by atoms with Crippen molar-refractivity contribution in [2.24, 2.45) is 0 Å². The molecular weight excluding hydrogens is 262 g/mol. The maximum atomic E-state index is 12.2. The quantitative estimate of drug-likeness (QED) is 0.848. The van der Waals surface area contributed by atoms with Crippen molar-refractivity contribution in [1.29, 1.82) is 0 Å². The first-order valence-electron chi connectivity index (χ1n) is 7.19. The van der Waals surface area contributed by atoms with Gasteiger partial charge in [0.1, 0.15) is 0 Å². The molecule has 2 aromatic rings. The van der Waals surface area contributed by atoms with Gasteiger partial charge in [0.2, 0.25) is 11.8 Å². The topological polar surface area (TPSA) is 37.4 Å². The van der Waals surface area contributed by atoms with Crippen LogP contribution < -0.4 is 4.90 Å². The summed E-state index contributed by atoms with van der Waals surface area (Å²) >= 11 is 0. The Bertz CT molecular complexity index is 619. The molecule has 0 unspecified atom stereocenters. The van der Waals surface area contributed by atoms with Gasteiger partial charge >= 0.3 is 0 Å². The van der Waals surface area contributed by atoms with E-state index >= 15 is 0 Å². The number of carbonyl (C=O) groups excluding carboxylic acids is 2. The van der Waals surface area contributed by atoms with Crippen LogP contribution in [-0.4, -0.2) is 11.8 Å². The summed E-state index contributed by atoms with van der Waals surface area (Å²) in [7, 11) is 0. The second kappa shape index (κ2) is 6.84. The molecule has 0 aliphatic heterocycles. The normalized spacial score (nSPS) is 10.2. The predicted octanol–water partition coefficient (Wildman–Crippen LogP) is 4.03. The van der Waals surface area contributed by atoms with Crippen molar-refractivity contribution >= 4 is 17.5 Å². The van der Waals surface area contributed by atoms with Gasteiger partial charge in [0.15, 0.2) is 0 Å². The smallest absolute Gasteiger partial charge is 0.233 e. The second-order valence-corrected chi connectivity index (χ2v) is 4.71. The number of benzene rings is 2. The van der Waals surface area contributed by atoms with Crippen molar-refractivity contribution in [3.05, 3.63) is 54.6 Å². The van der Waals surface area contributed by atoms with Crippen molar-refractivity contribution in [3.63, 3.8) is 0 Å². The van der Waals surface area contributed by atoms with Gasteiger partial charge in [0.05, 0.1) is 5.69 Å². The molecule has 108 valence electrons. The summed E-state index contributed by atoms with van der Waals surface area (Å²) in [4.78, 5) is 25.7. The molecule has 0 atom stereocenters. The van der Waals surface area contributed by atoms with Gasteiger partial charge in [-0.2, -0.15) is 0 Å². The molecule has 2 rings (SSSR count). The number of imide groups is 1. The van der Waals surface area contributed by atoms with E-state index in [1.165, 1.54) is 4.90 Å². The fraction of sp³-hybridized carbons (Fsp3) is 0.222. The predicted molar refractivity (Wildman–Crippen MR) is 85.0 cm³/mol. The molecule has 2 amide bonds. The van der Waals surface area contributed by atoms with E-state index in [0.717, 1.165) is 11.1 Å². The zero-order valence-corrected chi connectivity index (χ0v) is 12.4. The Kier molecular flexibility index (Phi) is 4.88. The first-order chi connectivity index (χ1) is 10.2. The van der Waals surface area contributed by atoms with Crippen LogP contribution in [-0.2, 0) is 9.59 Å². The molecule has 0 saturated heterocycles. The second-order valence-electron chi connectivity index (χ2n) is 4.71. The van der Waals surface area contributed by atoms with Crippen LogP contribution in [0.25, 0.3) is 11.1 Å². The Labute approximate surface area is 125 Å². The maximum Gasteiger partial charge on any atom is 0.233 e. The number of amides is 2. The van der Waals surface area contributed by atoms with Gasteiger partial charge in [-0.25, -0.2) is 4.90 Å². The molecule has 0 heterocycles. The van der Waals surface area contributed by atoms with E-state index in [4.69, 9.17) is 0 Å². The number of hydrogen-bond acceptors (Lipinski definition) is 2. The number of anilines is 1. The molecule has 0 fully saturated rings. The standard InChI is InChI=1S/C18H19NO2/c1-3-17(20)19(18(21)4-2)16-13-9-8-12-15(16)14-10-6-5-7-11-14/h5-13H,3-4H2,1-2H3. The van der Waals surface area contributed by atoms with Crippen LogP contribution >= 0.6 is 0 Å². The summed E-state index contributed by atoms with van der Waals surface area (Å²) < 4.78 is 0. The lowest BCUT2D eigenvalue weighted by Gasteiger charge is -2.23. The van der Waals surface area contributed by atoms with Gasteiger partial charge < -0.3 is 0 Å². The van der Waals surface area contributed by atoms with E-state index in [1.54, 1.807) is 13.8 Å². The fourth-order valence-electron chi connectivity index (χ4n) is 2.25. The number of para-hydroxylation sites is 1. The van der Waals surface area contributed by atoms with Gasteiger partial charge in [-0.1, -0.05) is 62.4 Å². The lowest BCUT2D eigenvalue weighted by Crippen LogP contribution is -2.36. The molecule has 0 aromatic heterocycles. The van der Waals surface area contributed by atoms with E-state index in [2.05, 4.69) is 0 Å². The molecule has 0 N–H and O–H groups in total. The van der Waals surface area contributed by atoms with E-state index in [0.29, 0.717) is 18.5 Å². The highest BCUT2D eigenvalue weighted by molar-refractivity contribution is 6.16. The van der Waals surface area contributed by atoms with Crippen LogP contribution in [0.1, 0.15) is 26.7 Å². The Hall–Kier alpha value is -2.42. The first-order valence-corrected chi connectivity index (χ1v) is 7.19. The first kappa shape index (κ1) is 15.0. The molecule has 0 aliphatic rings. The van der Waals surface area contributed by atoms with Gasteiger partial charge in [0.25, 0.3) is 0 Å². The number of rotatable bonds is 4. The van der Waals surface area contributed by atoms with Crippen molar-refractivity contribution in [2.45, 2.75) is 26.7 Å². The van der Waals surface area contributed by atoms with E-state index < -0.39 is 0 Å². The zero-order valence-electron chi connectivity index (χ0n) is 12.4. The summed E-state index contributed by atoms with van der Waals surface area (Å²) in [6.45, 7) is 3.53. The Morgan fingerprint density at radius 1 is 0.810 bits per heavy atom. The van der Waals surface area contributed by atoms with Gasteiger partial charge in [-0.05, 0) is 11.6 Å². The average molecular weight is 281 g/mol. The third kappa shape index (κ3) is 3.19. The lowest BCUT2D eigenvalue weighted by molar-refractivity contribution is -0.126. The zero-order chi connectivity index (χ0) is 15.2. The minimum atomic E-state index is -0.176. The summed E-state index contributed by atoms with van der Waals surface area (Å²) in [5, 5.41) is 0. The fourth-order valence-corrected chi connectivity index (χ4v) is 2.25. The molecule has 21 heavy (non-hydrogen) atoms. The van der Waals surface area contributed by atoms with Crippen LogP contribution in [0.5, 0.6) is 0 Å². The molecule has 0 bridgehead atoms. The van der Waals surface area contributed by atoms with Crippen LogP contribution in [0.15, 0.2) is 54.6 Å². The average Bonchev–Trinajstić information content (AvgIpc) is 2.56. The van der Waals surface area contributed by atoms with Crippen molar-refractivity contribution in [1.82, 2.24) is 0 Å². The Balaban J connectivity index is 2.56. The van der Waals surface area contributed by atoms with Crippen LogP contribution in [0, 0.1) is 0 Å². The maximum absolute atomic E-state index is 12.2. The molecular formula is C18H19NO2. The molecule has 3 nitrogen and oxygen atoms in total. The molecule has 3 heteroatoms. The number of carbonyl (C=O) groups is 2. The van der Waals surface area contributed by atoms with Crippen LogP contribution in [0.4, 0.5) is 5.69 Å². The summed E-state index contributed by atoms with van der Waals surface area (Å²) in [5.74, 6) is -0.351. The number of nitrogens with zero attached hydrogens (tertiary/aromatic N) is 1. The third-order valence-electron chi connectivity index (χ3n) is 3.33. The lowest BCUT2D eigenvalue weighted by atomic mass is 10.0. The molecule has 0 aliphatic carbocycles. The minimum absolute atomic E-state index is 0.176. The van der Waals surface area contributed by atoms with E-state index in [1.807, 2.05) is 54.6 Å². The SMILES string of the molecule is CCC(=O)N(C(=O)CC)c1ccccc1-c1ccccc1. The highest BCUT2D eigenvalue weighted by atomic mass is 16.2. The van der Waals surface area contributed by atoms with Crippen LogP contribution in [0.3, 0.4) is 0 Å². The summed E-state index contributed by atoms with van der Waals surface area (Å²) in [5.41, 5.74) is 2.54. The Morgan fingerprint density at radius 3 is 1.90 bits per heavy atom. The minimum Gasteiger partial charge on any atom is -0.274 e. The van der Waals surface area contributed by atoms with Gasteiger partial charge in [-0.3, -0.25) is 9.59 Å². The number of hydrogen-bond donors (Lipinski definition) is 0. The van der Waals surface area contributed by atoms with E-state index in [-0.39, 0.29) is 11.8 Å². The Morgan fingerprint density at radius 2 is 1.33 bits per heavy atom. The van der Waals surface area contributed by atoms with Crippen molar-refractivity contribution < 1.29 is 9.59 Å². The largest absolute Gasteiger partial charge is 0.274 e. The summed E-state index contributed by atoms with van der Waals surface area (Å²) in [6, 6.07) is 17.3. The summed E-state index contributed by atoms with van der Waals surface area (Å²) in [6.07, 6.45) is 0.601. The molecule has 2 aromatic carbocycles. The van der Waals surface area contributed by atoms with Crippen molar-refractivity contribution in [3.8, 4) is 11.1 Å². The van der Waals surface area contributed by atoms with E-state index in [9.17, 15) is 9.59 Å². The van der Waals surface area contributed by atoms with Crippen molar-refractivity contribution in [2.75, 3.05) is 4.90 Å². The highest BCUT2D eigenvalue weighted by Gasteiger charge is 2.23. The third-order valence-corrected chi connectivity index (χ3v) is 3.33. The molecule has 0 radical (unpaired) electrons. The van der Waals surface area contributed by atoms with Gasteiger partial charge in [-0.15, -0.1) is 0 Å².